The van der Waals surface area contributed by atoms with E-state index in [1.165, 1.54) is 10.8 Å². The van der Waals surface area contributed by atoms with Crippen molar-refractivity contribution in [2.24, 2.45) is 0 Å². The Morgan fingerprint density at radius 2 is 1.64 bits per heavy atom. The van der Waals surface area contributed by atoms with Gasteiger partial charge in [0.1, 0.15) is 5.75 Å². The third-order valence-electron chi connectivity index (χ3n) is 3.48. The third-order valence-corrected chi connectivity index (χ3v) is 3.74. The average Bonchev–Trinajstić information content (AvgIpc) is 2.56. The molecule has 3 heteroatoms. The minimum Gasteiger partial charge on any atom is -0.494 e. The van der Waals surface area contributed by atoms with Gasteiger partial charge in [0, 0.05) is 17.3 Å². The summed E-state index contributed by atoms with van der Waals surface area (Å²) in [6.07, 6.45) is 0.940. The highest BCUT2D eigenvalue weighted by atomic mass is 35.5. The summed E-state index contributed by atoms with van der Waals surface area (Å²) in [7, 11) is 0. The smallest absolute Gasteiger partial charge is 0.119 e. The van der Waals surface area contributed by atoms with Crippen LogP contribution < -0.4 is 10.1 Å². The SMILES string of the molecule is Clc1ccc(NCCCOc2ccc3ccccc3c2)cc1. The number of halogens is 1. The zero-order chi connectivity index (χ0) is 15.2. The Balaban J connectivity index is 1.45. The second-order valence-corrected chi connectivity index (χ2v) is 5.58. The summed E-state index contributed by atoms with van der Waals surface area (Å²) in [5, 5.41) is 6.55. The van der Waals surface area contributed by atoms with Crippen LogP contribution in [0.25, 0.3) is 10.8 Å². The van der Waals surface area contributed by atoms with Gasteiger partial charge in [-0.25, -0.2) is 0 Å². The lowest BCUT2D eigenvalue weighted by Gasteiger charge is -2.09. The summed E-state index contributed by atoms with van der Waals surface area (Å²) >= 11 is 5.86. The van der Waals surface area contributed by atoms with Crippen molar-refractivity contribution in [1.82, 2.24) is 0 Å². The van der Waals surface area contributed by atoms with Gasteiger partial charge in [0.2, 0.25) is 0 Å². The van der Waals surface area contributed by atoms with Crippen LogP contribution in [0.4, 0.5) is 5.69 Å². The van der Waals surface area contributed by atoms with Crippen LogP contribution in [0.15, 0.2) is 66.7 Å². The molecule has 0 heterocycles. The zero-order valence-electron chi connectivity index (χ0n) is 12.3. The van der Waals surface area contributed by atoms with Gasteiger partial charge in [-0.2, -0.15) is 0 Å². The second-order valence-electron chi connectivity index (χ2n) is 5.14. The number of ether oxygens (including phenoxy) is 1. The van der Waals surface area contributed by atoms with Crippen LogP contribution in [-0.4, -0.2) is 13.2 Å². The Labute approximate surface area is 135 Å². The predicted octanol–water partition coefficient (Wildman–Crippen LogP) is 5.37. The fourth-order valence-electron chi connectivity index (χ4n) is 2.32. The molecule has 3 aromatic rings. The monoisotopic (exact) mass is 311 g/mol. The van der Waals surface area contributed by atoms with Crippen LogP contribution in [-0.2, 0) is 0 Å². The van der Waals surface area contributed by atoms with Crippen molar-refractivity contribution in [3.63, 3.8) is 0 Å². The highest BCUT2D eigenvalue weighted by molar-refractivity contribution is 6.30. The van der Waals surface area contributed by atoms with Crippen molar-refractivity contribution in [1.29, 1.82) is 0 Å². The van der Waals surface area contributed by atoms with E-state index in [0.29, 0.717) is 6.61 Å². The maximum atomic E-state index is 5.86. The Morgan fingerprint density at radius 3 is 2.45 bits per heavy atom. The van der Waals surface area contributed by atoms with Gasteiger partial charge in [-0.15, -0.1) is 0 Å². The largest absolute Gasteiger partial charge is 0.494 e. The van der Waals surface area contributed by atoms with Gasteiger partial charge in [0.25, 0.3) is 0 Å². The highest BCUT2D eigenvalue weighted by Crippen LogP contribution is 2.20. The maximum absolute atomic E-state index is 5.86. The van der Waals surface area contributed by atoms with Gasteiger partial charge in [-0.1, -0.05) is 41.9 Å². The Hall–Kier alpha value is -2.19. The van der Waals surface area contributed by atoms with Gasteiger partial charge in [-0.3, -0.25) is 0 Å². The molecule has 22 heavy (non-hydrogen) atoms. The van der Waals surface area contributed by atoms with E-state index in [1.54, 1.807) is 0 Å². The maximum Gasteiger partial charge on any atom is 0.119 e. The first-order valence-corrected chi connectivity index (χ1v) is 7.80. The average molecular weight is 312 g/mol. The number of anilines is 1. The molecule has 0 amide bonds. The lowest BCUT2D eigenvalue weighted by atomic mass is 10.1. The Bertz CT molecular complexity index is 740. The van der Waals surface area contributed by atoms with Crippen LogP contribution in [0, 0.1) is 0 Å². The van der Waals surface area contributed by atoms with Gasteiger partial charge in [-0.05, 0) is 53.6 Å². The van der Waals surface area contributed by atoms with Crippen LogP contribution in [0.3, 0.4) is 0 Å². The van der Waals surface area contributed by atoms with E-state index in [4.69, 9.17) is 16.3 Å². The first-order chi connectivity index (χ1) is 10.8. The topological polar surface area (TPSA) is 21.3 Å². The first kappa shape index (κ1) is 14.7. The Morgan fingerprint density at radius 1 is 0.864 bits per heavy atom. The molecule has 3 aromatic carbocycles. The minimum atomic E-state index is 0.693. The van der Waals surface area contributed by atoms with Crippen molar-refractivity contribution in [3.05, 3.63) is 71.8 Å². The lowest BCUT2D eigenvalue weighted by Crippen LogP contribution is -2.07. The molecule has 0 fully saturated rings. The number of benzene rings is 3. The molecule has 112 valence electrons. The summed E-state index contributed by atoms with van der Waals surface area (Å²) in [5.74, 6) is 0.921. The van der Waals surface area contributed by atoms with Crippen molar-refractivity contribution in [3.8, 4) is 5.75 Å². The molecule has 0 spiro atoms. The number of fused-ring (bicyclic) bond motifs is 1. The fraction of sp³-hybridized carbons (Fsp3) is 0.158. The van der Waals surface area contributed by atoms with Crippen LogP contribution in [0.2, 0.25) is 5.02 Å². The molecular weight excluding hydrogens is 294 g/mol. The van der Waals surface area contributed by atoms with Gasteiger partial charge < -0.3 is 10.1 Å². The van der Waals surface area contributed by atoms with Crippen molar-refractivity contribution < 1.29 is 4.74 Å². The normalized spacial score (nSPS) is 10.6. The fourth-order valence-corrected chi connectivity index (χ4v) is 2.45. The van der Waals surface area contributed by atoms with Crippen molar-refractivity contribution in [2.45, 2.75) is 6.42 Å². The van der Waals surface area contributed by atoms with E-state index in [0.717, 1.165) is 29.4 Å². The summed E-state index contributed by atoms with van der Waals surface area (Å²) < 4.78 is 5.81. The van der Waals surface area contributed by atoms with Crippen LogP contribution in [0.5, 0.6) is 5.75 Å². The summed E-state index contributed by atoms with van der Waals surface area (Å²) in [6, 6.07) is 22.2. The standard InChI is InChI=1S/C19H18ClNO/c20-17-7-9-18(10-8-17)21-12-3-13-22-19-11-6-15-4-1-2-5-16(15)14-19/h1-2,4-11,14,21H,3,12-13H2. The molecule has 0 aliphatic rings. The highest BCUT2D eigenvalue weighted by Gasteiger charge is 1.97. The molecule has 0 unspecified atom stereocenters. The molecule has 0 saturated heterocycles. The molecule has 3 rings (SSSR count). The van der Waals surface area contributed by atoms with E-state index in [2.05, 4.69) is 29.6 Å². The molecule has 2 nitrogen and oxygen atoms in total. The van der Waals surface area contributed by atoms with E-state index >= 15 is 0 Å². The van der Waals surface area contributed by atoms with Crippen molar-refractivity contribution >= 4 is 28.1 Å². The van der Waals surface area contributed by atoms with Gasteiger partial charge >= 0.3 is 0 Å². The molecule has 1 N–H and O–H groups in total. The molecule has 0 aliphatic carbocycles. The van der Waals surface area contributed by atoms with Gasteiger partial charge in [0.15, 0.2) is 0 Å². The molecule has 0 atom stereocenters. The van der Waals surface area contributed by atoms with E-state index < -0.39 is 0 Å². The molecule has 0 bridgehead atoms. The number of rotatable bonds is 6. The molecule has 0 radical (unpaired) electrons. The van der Waals surface area contributed by atoms with E-state index in [9.17, 15) is 0 Å². The number of nitrogens with one attached hydrogen (secondary N) is 1. The lowest BCUT2D eigenvalue weighted by molar-refractivity contribution is 0.315. The van der Waals surface area contributed by atoms with Gasteiger partial charge in [0.05, 0.1) is 6.61 Å². The summed E-state index contributed by atoms with van der Waals surface area (Å²) in [4.78, 5) is 0. The number of hydrogen-bond acceptors (Lipinski definition) is 2. The predicted molar refractivity (Wildman–Crippen MR) is 94.0 cm³/mol. The first-order valence-electron chi connectivity index (χ1n) is 7.42. The van der Waals surface area contributed by atoms with E-state index in [1.807, 2.05) is 42.5 Å². The zero-order valence-corrected chi connectivity index (χ0v) is 13.0. The minimum absolute atomic E-state index is 0.693. The summed E-state index contributed by atoms with van der Waals surface area (Å²) in [5.41, 5.74) is 1.08. The molecule has 0 aromatic heterocycles. The quantitative estimate of drug-likeness (QED) is 0.618. The summed E-state index contributed by atoms with van der Waals surface area (Å²) in [6.45, 7) is 1.56. The molecule has 0 saturated carbocycles. The molecule has 0 aliphatic heterocycles. The third kappa shape index (κ3) is 3.92. The number of hydrogen-bond donors (Lipinski definition) is 1. The van der Waals surface area contributed by atoms with Crippen LogP contribution >= 0.6 is 11.6 Å². The second kappa shape index (κ2) is 7.19. The Kier molecular flexibility index (Phi) is 4.81. The molecular formula is C19H18ClNO. The van der Waals surface area contributed by atoms with Crippen molar-refractivity contribution in [2.75, 3.05) is 18.5 Å². The van der Waals surface area contributed by atoms with E-state index in [-0.39, 0.29) is 0 Å². The van der Waals surface area contributed by atoms with Crippen LogP contribution in [0.1, 0.15) is 6.42 Å².